The van der Waals surface area contributed by atoms with Crippen LogP contribution in [0.1, 0.15) is 16.7 Å². The van der Waals surface area contributed by atoms with E-state index in [4.69, 9.17) is 14.7 Å². The number of nitrogens with zero attached hydrogens (tertiary/aromatic N) is 3. The molecule has 0 bridgehead atoms. The molecule has 5 aromatic rings. The zero-order valence-corrected chi connectivity index (χ0v) is 23.4. The highest BCUT2D eigenvalue weighted by Crippen LogP contribution is 2.38. The van der Waals surface area contributed by atoms with Crippen molar-refractivity contribution in [2.75, 3.05) is 4.90 Å². The number of anilines is 1. The Kier molecular flexibility index (Phi) is 7.57. The largest absolute Gasteiger partial charge is 0.489 e. The monoisotopic (exact) mass is 559 g/mol. The molecule has 0 saturated carbocycles. The van der Waals surface area contributed by atoms with Crippen molar-refractivity contribution in [2.24, 2.45) is 4.99 Å². The Labute approximate surface area is 241 Å². The Morgan fingerprint density at radius 1 is 0.900 bits per heavy atom. The van der Waals surface area contributed by atoms with Crippen LogP contribution >= 0.6 is 23.1 Å². The van der Waals surface area contributed by atoms with Crippen molar-refractivity contribution >= 4 is 51.1 Å². The maximum absolute atomic E-state index is 13.7. The van der Waals surface area contributed by atoms with Gasteiger partial charge in [-0.25, -0.2) is 4.98 Å². The molecule has 1 amide bonds. The average molecular weight is 560 g/mol. The highest BCUT2D eigenvalue weighted by atomic mass is 32.2. The zero-order valence-electron chi connectivity index (χ0n) is 21.7. The first-order valence-electron chi connectivity index (χ1n) is 12.8. The van der Waals surface area contributed by atoms with E-state index in [1.165, 1.54) is 28.7 Å². The summed E-state index contributed by atoms with van der Waals surface area (Å²) in [7, 11) is 0. The molecule has 6 rings (SSSR count). The minimum atomic E-state index is -0.124. The molecule has 0 N–H and O–H groups in total. The lowest BCUT2D eigenvalue weighted by atomic mass is 10.1. The van der Waals surface area contributed by atoms with Crippen molar-refractivity contribution in [1.82, 2.24) is 4.98 Å². The van der Waals surface area contributed by atoms with E-state index in [0.29, 0.717) is 21.8 Å². The summed E-state index contributed by atoms with van der Waals surface area (Å²) in [5.41, 5.74) is 5.86. The van der Waals surface area contributed by atoms with Gasteiger partial charge in [0.25, 0.3) is 5.91 Å². The fraction of sp³-hybridized carbons (Fsp3) is 0.0606. The van der Waals surface area contributed by atoms with E-state index in [0.717, 1.165) is 33.8 Å². The standard InChI is InChI=1S/C33H25N3O2S2/c1-23-15-17-24(18-16-23)21-38-28-14-8-9-25(19-28)20-30-31(37)36(27-12-6-3-7-13-27)33(40-30)35-32-34-29(22-39-32)26-10-4-2-5-11-26/h2-20,22H,21H2,1H3/b30-20-,35-33+. The van der Waals surface area contributed by atoms with Crippen molar-refractivity contribution in [3.8, 4) is 17.0 Å². The number of amidine groups is 1. The van der Waals surface area contributed by atoms with Crippen molar-refractivity contribution in [1.29, 1.82) is 0 Å². The van der Waals surface area contributed by atoms with Crippen LogP contribution in [0.15, 0.2) is 124 Å². The third kappa shape index (κ3) is 5.91. The summed E-state index contributed by atoms with van der Waals surface area (Å²) in [6, 6.07) is 35.7. The third-order valence-electron chi connectivity index (χ3n) is 6.26. The van der Waals surface area contributed by atoms with Crippen LogP contribution in [0.25, 0.3) is 17.3 Å². The van der Waals surface area contributed by atoms with Gasteiger partial charge in [0.05, 0.1) is 16.3 Å². The van der Waals surface area contributed by atoms with Gasteiger partial charge in [-0.2, -0.15) is 4.99 Å². The van der Waals surface area contributed by atoms with Crippen LogP contribution in [0.3, 0.4) is 0 Å². The molecular weight excluding hydrogens is 535 g/mol. The van der Waals surface area contributed by atoms with Crippen LogP contribution in [0.5, 0.6) is 5.75 Å². The Bertz CT molecular complexity index is 1700. The molecule has 0 spiro atoms. The Morgan fingerprint density at radius 2 is 1.65 bits per heavy atom. The minimum absolute atomic E-state index is 0.124. The molecule has 1 aromatic heterocycles. The van der Waals surface area contributed by atoms with Crippen molar-refractivity contribution < 1.29 is 9.53 Å². The number of amides is 1. The van der Waals surface area contributed by atoms with Crippen molar-refractivity contribution in [3.05, 3.63) is 136 Å². The number of ether oxygens (including phenoxy) is 1. The molecule has 1 fully saturated rings. The first-order chi connectivity index (χ1) is 19.6. The van der Waals surface area contributed by atoms with E-state index < -0.39 is 0 Å². The first-order valence-corrected chi connectivity index (χ1v) is 14.5. The highest BCUT2D eigenvalue weighted by molar-refractivity contribution is 8.19. The Balaban J connectivity index is 1.27. The van der Waals surface area contributed by atoms with Crippen molar-refractivity contribution in [2.45, 2.75) is 13.5 Å². The van der Waals surface area contributed by atoms with Crippen LogP contribution in [-0.2, 0) is 11.4 Å². The summed E-state index contributed by atoms with van der Waals surface area (Å²) in [5.74, 6) is 0.621. The predicted molar refractivity (Wildman–Crippen MR) is 166 cm³/mol. The summed E-state index contributed by atoms with van der Waals surface area (Å²) >= 11 is 2.80. The molecule has 1 saturated heterocycles. The average Bonchev–Trinajstić information content (AvgIpc) is 3.58. The number of hydrogen-bond acceptors (Lipinski definition) is 6. The maximum atomic E-state index is 13.7. The molecule has 196 valence electrons. The summed E-state index contributed by atoms with van der Waals surface area (Å²) in [4.78, 5) is 25.4. The highest BCUT2D eigenvalue weighted by Gasteiger charge is 2.35. The molecular formula is C33H25N3O2S2. The number of benzene rings is 4. The van der Waals surface area contributed by atoms with Gasteiger partial charge in [-0.05, 0) is 60.2 Å². The molecule has 5 nitrogen and oxygen atoms in total. The molecule has 1 aliphatic heterocycles. The van der Waals surface area contributed by atoms with Crippen LogP contribution in [-0.4, -0.2) is 16.1 Å². The third-order valence-corrected chi connectivity index (χ3v) is 7.96. The van der Waals surface area contributed by atoms with Crippen LogP contribution in [0, 0.1) is 6.92 Å². The van der Waals surface area contributed by atoms with Crippen LogP contribution in [0.4, 0.5) is 10.8 Å². The van der Waals surface area contributed by atoms with Gasteiger partial charge in [0.2, 0.25) is 5.13 Å². The van der Waals surface area contributed by atoms with E-state index in [2.05, 4.69) is 31.2 Å². The number of carbonyl (C=O) groups excluding carboxylic acids is 1. The smallest absolute Gasteiger partial charge is 0.271 e. The molecule has 1 aliphatic rings. The van der Waals surface area contributed by atoms with E-state index in [-0.39, 0.29) is 5.91 Å². The molecule has 0 unspecified atom stereocenters. The second-order valence-electron chi connectivity index (χ2n) is 9.21. The molecule has 0 radical (unpaired) electrons. The lowest BCUT2D eigenvalue weighted by molar-refractivity contribution is -0.113. The first kappa shape index (κ1) is 25.8. The fourth-order valence-corrected chi connectivity index (χ4v) is 5.92. The van der Waals surface area contributed by atoms with Gasteiger partial charge < -0.3 is 4.74 Å². The summed E-state index contributed by atoms with van der Waals surface area (Å²) < 4.78 is 6.03. The summed E-state index contributed by atoms with van der Waals surface area (Å²) in [6.45, 7) is 2.54. The van der Waals surface area contributed by atoms with Gasteiger partial charge in [-0.3, -0.25) is 9.69 Å². The number of hydrogen-bond donors (Lipinski definition) is 0. The molecule has 0 aliphatic carbocycles. The zero-order chi connectivity index (χ0) is 27.3. The quantitative estimate of drug-likeness (QED) is 0.188. The van der Waals surface area contributed by atoms with Gasteiger partial charge in [-0.15, -0.1) is 11.3 Å². The van der Waals surface area contributed by atoms with Gasteiger partial charge in [0, 0.05) is 10.9 Å². The Morgan fingerprint density at radius 3 is 2.42 bits per heavy atom. The topological polar surface area (TPSA) is 54.8 Å². The number of carbonyl (C=O) groups is 1. The second-order valence-corrected chi connectivity index (χ2v) is 11.1. The number of aromatic nitrogens is 1. The van der Waals surface area contributed by atoms with Gasteiger partial charge in [0.15, 0.2) is 5.17 Å². The minimum Gasteiger partial charge on any atom is -0.489 e. The van der Waals surface area contributed by atoms with Gasteiger partial charge in [0.1, 0.15) is 12.4 Å². The number of rotatable bonds is 7. The maximum Gasteiger partial charge on any atom is 0.271 e. The fourth-order valence-electron chi connectivity index (χ4n) is 4.19. The second kappa shape index (κ2) is 11.7. The summed E-state index contributed by atoms with van der Waals surface area (Å²) in [5, 5.41) is 3.16. The lowest BCUT2D eigenvalue weighted by Gasteiger charge is -2.14. The van der Waals surface area contributed by atoms with Crippen LogP contribution in [0.2, 0.25) is 0 Å². The normalized spacial score (nSPS) is 15.2. The SMILES string of the molecule is Cc1ccc(COc2cccc(/C=C3\S/C(=N/c4nc(-c5ccccc5)cs4)N(c4ccccc4)C3=O)c2)cc1. The van der Waals surface area contributed by atoms with E-state index >= 15 is 0 Å². The number of aryl methyl sites for hydroxylation is 1. The van der Waals surface area contributed by atoms with Gasteiger partial charge in [-0.1, -0.05) is 90.5 Å². The number of para-hydroxylation sites is 1. The summed E-state index contributed by atoms with van der Waals surface area (Å²) in [6.07, 6.45) is 1.89. The number of thioether (sulfide) groups is 1. The number of thiazole rings is 1. The molecule has 2 heterocycles. The van der Waals surface area contributed by atoms with Crippen molar-refractivity contribution in [3.63, 3.8) is 0 Å². The van der Waals surface area contributed by atoms with E-state index in [1.807, 2.05) is 96.4 Å². The number of aliphatic imine (C=N–C) groups is 1. The van der Waals surface area contributed by atoms with Gasteiger partial charge >= 0.3 is 0 Å². The molecule has 40 heavy (non-hydrogen) atoms. The molecule has 4 aromatic carbocycles. The lowest BCUT2D eigenvalue weighted by Crippen LogP contribution is -2.28. The molecule has 7 heteroatoms. The Hall–Kier alpha value is -4.46. The van der Waals surface area contributed by atoms with Crippen LogP contribution < -0.4 is 9.64 Å². The van der Waals surface area contributed by atoms with E-state index in [1.54, 1.807) is 4.90 Å². The predicted octanol–water partition coefficient (Wildman–Crippen LogP) is 8.51. The molecule has 0 atom stereocenters. The van der Waals surface area contributed by atoms with E-state index in [9.17, 15) is 4.79 Å².